The summed E-state index contributed by atoms with van der Waals surface area (Å²) in [6.45, 7) is 1.48. The highest BCUT2D eigenvalue weighted by Crippen LogP contribution is 2.30. The molecule has 206 valence electrons. The Labute approximate surface area is 241 Å². The molecule has 0 saturated heterocycles. The second-order valence-corrected chi connectivity index (χ2v) is 10.3. The number of carbonyl (C=O) groups excluding carboxylic acids is 3. The number of ketones is 1. The first-order chi connectivity index (χ1) is 19.7. The van der Waals surface area contributed by atoms with Crippen LogP contribution in [0.4, 0.5) is 5.69 Å². The zero-order chi connectivity index (χ0) is 29.1. The zero-order valence-electron chi connectivity index (χ0n) is 22.1. The average Bonchev–Trinajstić information content (AvgIpc) is 3.03. The third kappa shape index (κ3) is 6.18. The Morgan fingerprint density at radius 3 is 2.46 bits per heavy atom. The molecular formula is C32H26ClN3O5. The second kappa shape index (κ2) is 11.7. The lowest BCUT2D eigenvalue weighted by molar-refractivity contribution is -0.122. The van der Waals surface area contributed by atoms with Gasteiger partial charge in [0.2, 0.25) is 5.91 Å². The smallest absolute Gasteiger partial charge is 0.336 e. The highest BCUT2D eigenvalue weighted by atomic mass is 35.5. The number of aromatic nitrogens is 1. The summed E-state index contributed by atoms with van der Waals surface area (Å²) in [7, 11) is 0. The lowest BCUT2D eigenvalue weighted by atomic mass is 9.96. The van der Waals surface area contributed by atoms with Crippen LogP contribution in [-0.2, 0) is 29.0 Å². The van der Waals surface area contributed by atoms with Crippen molar-refractivity contribution in [2.75, 3.05) is 5.32 Å². The lowest BCUT2D eigenvalue weighted by Crippen LogP contribution is -2.45. The molecule has 0 bridgehead atoms. The molecule has 0 unspecified atom stereocenters. The SMILES string of the molecule is CC(=O)Nc1ccc(-c2cc(CN3C(=O)c4ccc(Cl)cc4CC(=O)[C@H]3Cc3ccccn3)ccc2C(=O)O)cc1. The number of aromatic carboxylic acids is 1. The van der Waals surface area contributed by atoms with E-state index in [-0.39, 0.29) is 42.5 Å². The van der Waals surface area contributed by atoms with Crippen LogP contribution in [0.3, 0.4) is 0 Å². The highest BCUT2D eigenvalue weighted by molar-refractivity contribution is 6.30. The molecular weight excluding hydrogens is 542 g/mol. The molecule has 0 saturated carbocycles. The zero-order valence-corrected chi connectivity index (χ0v) is 22.9. The summed E-state index contributed by atoms with van der Waals surface area (Å²) in [5, 5.41) is 13.0. The van der Waals surface area contributed by atoms with Crippen LogP contribution >= 0.6 is 11.6 Å². The van der Waals surface area contributed by atoms with Gasteiger partial charge in [-0.05, 0) is 76.9 Å². The van der Waals surface area contributed by atoms with E-state index in [2.05, 4.69) is 10.3 Å². The Bertz CT molecular complexity index is 1650. The van der Waals surface area contributed by atoms with Crippen molar-refractivity contribution in [1.82, 2.24) is 9.88 Å². The van der Waals surface area contributed by atoms with Crippen molar-refractivity contribution in [3.8, 4) is 11.1 Å². The Morgan fingerprint density at radius 1 is 1.00 bits per heavy atom. The molecule has 2 amide bonds. The fourth-order valence-corrected chi connectivity index (χ4v) is 5.26. The van der Waals surface area contributed by atoms with Crippen molar-refractivity contribution >= 4 is 40.9 Å². The number of halogens is 1. The number of anilines is 1. The molecule has 3 aromatic carbocycles. The summed E-state index contributed by atoms with van der Waals surface area (Å²) in [6.07, 6.45) is 1.93. The first-order valence-corrected chi connectivity index (χ1v) is 13.3. The first kappa shape index (κ1) is 27.7. The van der Waals surface area contributed by atoms with Crippen LogP contribution in [0.2, 0.25) is 5.02 Å². The summed E-state index contributed by atoms with van der Waals surface area (Å²) >= 11 is 6.19. The first-order valence-electron chi connectivity index (χ1n) is 13.0. The predicted molar refractivity (Wildman–Crippen MR) is 155 cm³/mol. The van der Waals surface area contributed by atoms with E-state index in [9.17, 15) is 24.3 Å². The molecule has 0 fully saturated rings. The highest BCUT2D eigenvalue weighted by Gasteiger charge is 2.36. The number of pyridine rings is 1. The van der Waals surface area contributed by atoms with Gasteiger partial charge in [-0.2, -0.15) is 0 Å². The molecule has 8 nitrogen and oxygen atoms in total. The fourth-order valence-electron chi connectivity index (χ4n) is 5.06. The number of hydrogen-bond donors (Lipinski definition) is 2. The van der Waals surface area contributed by atoms with Crippen LogP contribution in [0.5, 0.6) is 0 Å². The standard InChI is InChI=1S/C32H26ClN3O5/c1-19(37)35-24-9-6-21(7-10-24)28-14-20(5-11-27(28)32(40)41)18-36-29(17-25-4-2-3-13-34-25)30(38)16-22-15-23(33)8-12-26(22)31(36)39/h2-15,29H,16-18H2,1H3,(H,35,37)(H,40,41)/t29-/m1/s1. The number of carbonyl (C=O) groups is 4. The minimum Gasteiger partial charge on any atom is -0.478 e. The quantitative estimate of drug-likeness (QED) is 0.307. The summed E-state index contributed by atoms with van der Waals surface area (Å²) in [5.41, 5.74) is 4.05. The van der Waals surface area contributed by atoms with E-state index in [4.69, 9.17) is 11.6 Å². The lowest BCUT2D eigenvalue weighted by Gasteiger charge is -2.29. The van der Waals surface area contributed by atoms with Gasteiger partial charge in [0, 0.05) is 54.5 Å². The Kier molecular flexibility index (Phi) is 7.94. The molecule has 0 aliphatic carbocycles. The average molecular weight is 568 g/mol. The summed E-state index contributed by atoms with van der Waals surface area (Å²) < 4.78 is 0. The molecule has 0 radical (unpaired) electrons. The van der Waals surface area contributed by atoms with Gasteiger partial charge in [-0.15, -0.1) is 0 Å². The number of fused-ring (bicyclic) bond motifs is 1. The monoisotopic (exact) mass is 567 g/mol. The molecule has 1 aliphatic rings. The van der Waals surface area contributed by atoms with Crippen LogP contribution in [0.15, 0.2) is 85.1 Å². The van der Waals surface area contributed by atoms with Gasteiger partial charge in [-0.1, -0.05) is 35.9 Å². The molecule has 4 aromatic rings. The number of amides is 2. The molecule has 2 N–H and O–H groups in total. The molecule has 1 atom stereocenters. The summed E-state index contributed by atoms with van der Waals surface area (Å²) in [4.78, 5) is 56.9. The van der Waals surface area contributed by atoms with E-state index >= 15 is 0 Å². The van der Waals surface area contributed by atoms with Crippen molar-refractivity contribution in [2.24, 2.45) is 0 Å². The number of Topliss-reactive ketones (excluding diaryl/α,β-unsaturated/α-hetero) is 1. The van der Waals surface area contributed by atoms with Crippen molar-refractivity contribution in [1.29, 1.82) is 0 Å². The molecule has 9 heteroatoms. The number of benzene rings is 3. The van der Waals surface area contributed by atoms with Crippen LogP contribution in [0.25, 0.3) is 11.1 Å². The van der Waals surface area contributed by atoms with Gasteiger partial charge in [0.1, 0.15) is 0 Å². The summed E-state index contributed by atoms with van der Waals surface area (Å²) in [6, 6.07) is 21.3. The second-order valence-electron chi connectivity index (χ2n) is 9.86. The van der Waals surface area contributed by atoms with Crippen LogP contribution < -0.4 is 5.32 Å². The summed E-state index contributed by atoms with van der Waals surface area (Å²) in [5.74, 6) is -1.77. The molecule has 0 spiro atoms. The van der Waals surface area contributed by atoms with E-state index < -0.39 is 12.0 Å². The Morgan fingerprint density at radius 2 is 1.78 bits per heavy atom. The van der Waals surface area contributed by atoms with Crippen LogP contribution in [0, 0.1) is 0 Å². The molecule has 1 aromatic heterocycles. The normalized spacial score (nSPS) is 14.8. The van der Waals surface area contributed by atoms with Gasteiger partial charge in [0.05, 0.1) is 11.6 Å². The maximum Gasteiger partial charge on any atom is 0.336 e. The number of carboxylic acids is 1. The molecule has 41 heavy (non-hydrogen) atoms. The number of hydrogen-bond acceptors (Lipinski definition) is 5. The number of carboxylic acid groups (broad SMARTS) is 1. The van der Waals surface area contributed by atoms with Crippen molar-refractivity contribution in [2.45, 2.75) is 32.4 Å². The van der Waals surface area contributed by atoms with E-state index in [1.807, 2.05) is 12.1 Å². The largest absolute Gasteiger partial charge is 0.478 e. The van der Waals surface area contributed by atoms with Gasteiger partial charge in [-0.3, -0.25) is 19.4 Å². The van der Waals surface area contributed by atoms with E-state index in [0.717, 1.165) is 0 Å². The minimum atomic E-state index is -1.10. The van der Waals surface area contributed by atoms with Crippen LogP contribution in [0.1, 0.15) is 44.5 Å². The van der Waals surface area contributed by atoms with Gasteiger partial charge < -0.3 is 15.3 Å². The van der Waals surface area contributed by atoms with Gasteiger partial charge in [0.15, 0.2) is 5.78 Å². The third-order valence-corrected chi connectivity index (χ3v) is 7.22. The fraction of sp³-hybridized carbons (Fsp3) is 0.156. The Hall–Kier alpha value is -4.82. The topological polar surface area (TPSA) is 117 Å². The molecule has 1 aliphatic heterocycles. The van der Waals surface area contributed by atoms with Crippen LogP contribution in [-0.4, -0.2) is 44.6 Å². The minimum absolute atomic E-state index is 0.0550. The van der Waals surface area contributed by atoms with Crippen molar-refractivity contribution in [3.05, 3.63) is 118 Å². The maximum absolute atomic E-state index is 13.9. The molecule has 5 rings (SSSR count). The van der Waals surface area contributed by atoms with E-state index in [1.165, 1.54) is 17.9 Å². The Balaban J connectivity index is 1.55. The number of nitrogens with zero attached hydrogens (tertiary/aromatic N) is 2. The number of nitrogens with one attached hydrogen (secondary N) is 1. The van der Waals surface area contributed by atoms with Gasteiger partial charge in [0.25, 0.3) is 5.91 Å². The maximum atomic E-state index is 13.9. The number of rotatable bonds is 7. The van der Waals surface area contributed by atoms with Crippen molar-refractivity contribution < 1.29 is 24.3 Å². The predicted octanol–water partition coefficient (Wildman–Crippen LogP) is 5.44. The third-order valence-electron chi connectivity index (χ3n) is 6.98. The van der Waals surface area contributed by atoms with Gasteiger partial charge in [-0.25, -0.2) is 4.79 Å². The van der Waals surface area contributed by atoms with Crippen molar-refractivity contribution in [3.63, 3.8) is 0 Å². The van der Waals surface area contributed by atoms with E-state index in [0.29, 0.717) is 44.2 Å². The molecule has 2 heterocycles. The van der Waals surface area contributed by atoms with Gasteiger partial charge >= 0.3 is 5.97 Å². The van der Waals surface area contributed by atoms with E-state index in [1.54, 1.807) is 66.9 Å².